The van der Waals surface area contributed by atoms with Crippen LogP contribution in [0.15, 0.2) is 41.4 Å². The number of amidine groups is 1. The number of thioether (sulfide) groups is 1. The van der Waals surface area contributed by atoms with Crippen LogP contribution in [0, 0.1) is 13.8 Å². The fourth-order valence-electron chi connectivity index (χ4n) is 4.17. The molecule has 2 aliphatic heterocycles. The van der Waals surface area contributed by atoms with Gasteiger partial charge >= 0.3 is 0 Å². The standard InChI is InChI=1S/C23H27N3O5S2/c1-14-5-7-17(15(2)9-14)24-22(27)11-32-23-25-18-12-33(28,29)13-20(18)26(23)19-10-16(30-3)6-8-21(19)31-4/h5-10,18,20H,11-13H2,1-4H3,(H,24,27)/t18-,20-/m1/s1. The van der Waals surface area contributed by atoms with E-state index in [1.54, 1.807) is 32.4 Å². The predicted molar refractivity (Wildman–Crippen MR) is 133 cm³/mol. The lowest BCUT2D eigenvalue weighted by atomic mass is 10.1. The molecule has 2 heterocycles. The minimum atomic E-state index is -3.19. The Kier molecular flexibility index (Phi) is 6.58. The molecule has 1 saturated heterocycles. The fraction of sp³-hybridized carbons (Fsp3) is 0.391. The van der Waals surface area contributed by atoms with Crippen LogP contribution in [0.25, 0.3) is 0 Å². The molecule has 0 bridgehead atoms. The van der Waals surface area contributed by atoms with Crippen molar-refractivity contribution in [2.45, 2.75) is 25.9 Å². The van der Waals surface area contributed by atoms with Crippen molar-refractivity contribution in [2.24, 2.45) is 4.99 Å². The van der Waals surface area contributed by atoms with E-state index in [4.69, 9.17) is 14.5 Å². The zero-order valence-electron chi connectivity index (χ0n) is 19.0. The molecule has 0 spiro atoms. The third kappa shape index (κ3) is 4.96. The first kappa shape index (κ1) is 23.4. The van der Waals surface area contributed by atoms with Crippen molar-refractivity contribution in [3.05, 3.63) is 47.5 Å². The van der Waals surface area contributed by atoms with Gasteiger partial charge in [-0.15, -0.1) is 0 Å². The molecule has 2 aromatic rings. The van der Waals surface area contributed by atoms with Crippen molar-refractivity contribution < 1.29 is 22.7 Å². The number of anilines is 2. The van der Waals surface area contributed by atoms with Crippen LogP contribution < -0.4 is 19.7 Å². The summed E-state index contributed by atoms with van der Waals surface area (Å²) in [6, 6.07) is 10.5. The van der Waals surface area contributed by atoms with E-state index in [1.165, 1.54) is 11.8 Å². The second kappa shape index (κ2) is 9.26. The largest absolute Gasteiger partial charge is 0.497 e. The summed E-state index contributed by atoms with van der Waals surface area (Å²) >= 11 is 1.29. The lowest BCUT2D eigenvalue weighted by Gasteiger charge is -2.28. The number of benzene rings is 2. The summed E-state index contributed by atoms with van der Waals surface area (Å²) in [5.74, 6) is 1.18. The number of methoxy groups -OCH3 is 2. The average molecular weight is 490 g/mol. The summed E-state index contributed by atoms with van der Waals surface area (Å²) in [5.41, 5.74) is 3.56. The zero-order valence-corrected chi connectivity index (χ0v) is 20.6. The van der Waals surface area contributed by atoms with E-state index in [9.17, 15) is 13.2 Å². The minimum Gasteiger partial charge on any atom is -0.497 e. The Hall–Kier alpha value is -2.72. The quantitative estimate of drug-likeness (QED) is 0.666. The molecule has 1 N–H and O–H groups in total. The lowest BCUT2D eigenvalue weighted by Crippen LogP contribution is -2.39. The molecule has 0 saturated carbocycles. The van der Waals surface area contributed by atoms with E-state index in [0.717, 1.165) is 16.8 Å². The molecule has 0 aromatic heterocycles. The number of nitrogens with one attached hydrogen (secondary N) is 1. The van der Waals surface area contributed by atoms with Gasteiger partial charge in [-0.2, -0.15) is 0 Å². The number of ether oxygens (including phenoxy) is 2. The third-order valence-electron chi connectivity index (χ3n) is 5.74. The maximum absolute atomic E-state index is 12.7. The SMILES string of the molecule is COc1ccc(OC)c(N2C(SCC(=O)Nc3ccc(C)cc3C)=N[C@@H]3CS(=O)(=O)C[C@H]32)c1. The Balaban J connectivity index is 1.57. The molecule has 1 fully saturated rings. The maximum Gasteiger partial charge on any atom is 0.234 e. The molecule has 4 rings (SSSR count). The Morgan fingerprint density at radius 2 is 1.94 bits per heavy atom. The van der Waals surface area contributed by atoms with Crippen molar-refractivity contribution in [1.82, 2.24) is 0 Å². The summed E-state index contributed by atoms with van der Waals surface area (Å²) < 4.78 is 35.5. The average Bonchev–Trinajstić information content (AvgIpc) is 3.24. The number of aliphatic imine (C=N–C) groups is 1. The molecular formula is C23H27N3O5S2. The van der Waals surface area contributed by atoms with Gasteiger partial charge in [-0.25, -0.2) is 8.42 Å². The van der Waals surface area contributed by atoms with E-state index in [-0.39, 0.29) is 35.2 Å². The number of fused-ring (bicyclic) bond motifs is 1. The second-order valence-electron chi connectivity index (χ2n) is 8.19. The van der Waals surface area contributed by atoms with Gasteiger partial charge < -0.3 is 19.7 Å². The Labute approximate surface area is 198 Å². The number of amides is 1. The van der Waals surface area contributed by atoms with Crippen LogP contribution in [-0.2, 0) is 14.6 Å². The predicted octanol–water partition coefficient (Wildman–Crippen LogP) is 3.03. The number of sulfone groups is 1. The Morgan fingerprint density at radius 3 is 2.64 bits per heavy atom. The van der Waals surface area contributed by atoms with Crippen molar-refractivity contribution in [1.29, 1.82) is 0 Å². The fourth-order valence-corrected chi connectivity index (χ4v) is 6.93. The normalized spacial score (nSPS) is 20.8. The molecule has 2 atom stereocenters. The van der Waals surface area contributed by atoms with E-state index in [2.05, 4.69) is 5.32 Å². The first-order chi connectivity index (χ1) is 15.7. The summed E-state index contributed by atoms with van der Waals surface area (Å²) in [6.45, 7) is 3.96. The summed E-state index contributed by atoms with van der Waals surface area (Å²) in [6.07, 6.45) is 0. The van der Waals surface area contributed by atoms with E-state index in [0.29, 0.717) is 22.4 Å². The molecule has 0 radical (unpaired) electrons. The van der Waals surface area contributed by atoms with Gasteiger partial charge in [0.1, 0.15) is 11.5 Å². The van der Waals surface area contributed by atoms with Gasteiger partial charge in [0, 0.05) is 11.8 Å². The molecule has 33 heavy (non-hydrogen) atoms. The topological polar surface area (TPSA) is 97.3 Å². The maximum atomic E-state index is 12.7. The monoisotopic (exact) mass is 489 g/mol. The second-order valence-corrected chi connectivity index (χ2v) is 11.3. The number of hydrogen-bond donors (Lipinski definition) is 1. The first-order valence-corrected chi connectivity index (χ1v) is 13.3. The highest BCUT2D eigenvalue weighted by Gasteiger charge is 2.48. The first-order valence-electron chi connectivity index (χ1n) is 10.5. The van der Waals surface area contributed by atoms with Crippen LogP contribution in [-0.4, -0.2) is 63.1 Å². The highest BCUT2D eigenvalue weighted by molar-refractivity contribution is 8.14. The van der Waals surface area contributed by atoms with Gasteiger partial charge in [-0.1, -0.05) is 29.5 Å². The van der Waals surface area contributed by atoms with Gasteiger partial charge in [0.2, 0.25) is 5.91 Å². The molecule has 2 aliphatic rings. The Morgan fingerprint density at radius 1 is 1.15 bits per heavy atom. The molecule has 8 nitrogen and oxygen atoms in total. The van der Waals surface area contributed by atoms with Crippen LogP contribution in [0.1, 0.15) is 11.1 Å². The smallest absolute Gasteiger partial charge is 0.234 e. The lowest BCUT2D eigenvalue weighted by molar-refractivity contribution is -0.113. The van der Waals surface area contributed by atoms with Crippen molar-refractivity contribution in [3.63, 3.8) is 0 Å². The highest BCUT2D eigenvalue weighted by Crippen LogP contribution is 2.41. The van der Waals surface area contributed by atoms with Crippen LogP contribution in [0.3, 0.4) is 0 Å². The van der Waals surface area contributed by atoms with E-state index < -0.39 is 9.84 Å². The van der Waals surface area contributed by atoms with Gasteiger partial charge in [0.05, 0.1) is 49.2 Å². The zero-order chi connectivity index (χ0) is 23.8. The number of rotatable bonds is 6. The third-order valence-corrected chi connectivity index (χ3v) is 8.41. The Bertz CT molecular complexity index is 1210. The van der Waals surface area contributed by atoms with E-state index in [1.807, 2.05) is 36.9 Å². The number of carbonyl (C=O) groups is 1. The highest BCUT2D eigenvalue weighted by atomic mass is 32.2. The number of hydrogen-bond acceptors (Lipinski definition) is 8. The molecule has 0 aliphatic carbocycles. The van der Waals surface area contributed by atoms with Gasteiger partial charge in [0.25, 0.3) is 0 Å². The summed E-state index contributed by atoms with van der Waals surface area (Å²) in [5, 5.41) is 3.55. The molecule has 10 heteroatoms. The number of carbonyl (C=O) groups excluding carboxylic acids is 1. The van der Waals surface area contributed by atoms with Crippen LogP contribution >= 0.6 is 11.8 Å². The van der Waals surface area contributed by atoms with E-state index >= 15 is 0 Å². The van der Waals surface area contributed by atoms with Crippen molar-refractivity contribution in [2.75, 3.05) is 41.7 Å². The van der Waals surface area contributed by atoms with Crippen LogP contribution in [0.5, 0.6) is 11.5 Å². The number of nitrogens with zero attached hydrogens (tertiary/aromatic N) is 2. The molecule has 2 aromatic carbocycles. The summed E-state index contributed by atoms with van der Waals surface area (Å²) in [7, 11) is -0.0647. The summed E-state index contributed by atoms with van der Waals surface area (Å²) in [4.78, 5) is 19.2. The molecule has 0 unspecified atom stereocenters. The molecule has 176 valence electrons. The van der Waals surface area contributed by atoms with Crippen molar-refractivity contribution in [3.8, 4) is 11.5 Å². The minimum absolute atomic E-state index is 0.000346. The van der Waals surface area contributed by atoms with Gasteiger partial charge in [-0.05, 0) is 37.6 Å². The number of aryl methyl sites for hydroxylation is 2. The van der Waals surface area contributed by atoms with Gasteiger partial charge in [0.15, 0.2) is 15.0 Å². The van der Waals surface area contributed by atoms with Gasteiger partial charge in [-0.3, -0.25) is 9.79 Å². The molecular weight excluding hydrogens is 462 g/mol. The van der Waals surface area contributed by atoms with Crippen LogP contribution in [0.4, 0.5) is 11.4 Å². The van der Waals surface area contributed by atoms with Crippen LogP contribution in [0.2, 0.25) is 0 Å². The van der Waals surface area contributed by atoms with Crippen molar-refractivity contribution >= 4 is 44.0 Å². The molecule has 1 amide bonds.